The number of unbranched alkanes of at least 4 members (excludes halogenated alkanes) is 2. The molecule has 0 radical (unpaired) electrons. The summed E-state index contributed by atoms with van der Waals surface area (Å²) in [5, 5.41) is 0.501. The number of sulfonamides is 1. The van der Waals surface area contributed by atoms with Gasteiger partial charge < -0.3 is 9.15 Å². The maximum atomic E-state index is 13.8. The summed E-state index contributed by atoms with van der Waals surface area (Å²) in [7, 11) is -3.66. The summed E-state index contributed by atoms with van der Waals surface area (Å²) < 4.78 is 40.5. The lowest BCUT2D eigenvalue weighted by Crippen LogP contribution is -2.33. The molecular formula is C29H35N3O5S2. The van der Waals surface area contributed by atoms with E-state index in [1.54, 1.807) is 39.7 Å². The van der Waals surface area contributed by atoms with E-state index >= 15 is 0 Å². The smallest absolute Gasteiger partial charge is 0.260 e. The zero-order valence-electron chi connectivity index (χ0n) is 22.6. The third-order valence-electron chi connectivity index (χ3n) is 6.30. The van der Waals surface area contributed by atoms with Crippen molar-refractivity contribution < 1.29 is 22.4 Å². The summed E-state index contributed by atoms with van der Waals surface area (Å²) >= 11 is 1.39. The highest BCUT2D eigenvalue weighted by atomic mass is 32.2. The second-order valence-corrected chi connectivity index (χ2v) is 12.1. The van der Waals surface area contributed by atoms with Crippen molar-refractivity contribution in [2.45, 2.75) is 57.9 Å². The van der Waals surface area contributed by atoms with E-state index < -0.39 is 10.0 Å². The number of fused-ring (bicyclic) bond motifs is 1. The Morgan fingerprint density at radius 3 is 2.31 bits per heavy atom. The number of aromatic nitrogens is 1. The zero-order valence-corrected chi connectivity index (χ0v) is 24.3. The number of amides is 1. The van der Waals surface area contributed by atoms with Crippen LogP contribution < -0.4 is 9.64 Å². The first-order valence-corrected chi connectivity index (χ1v) is 15.6. The van der Waals surface area contributed by atoms with Gasteiger partial charge in [0.05, 0.1) is 29.0 Å². The van der Waals surface area contributed by atoms with Gasteiger partial charge in [0.25, 0.3) is 5.91 Å². The maximum absolute atomic E-state index is 13.8. The van der Waals surface area contributed by atoms with Gasteiger partial charge in [-0.3, -0.25) is 9.69 Å². The van der Waals surface area contributed by atoms with Crippen LogP contribution in [0, 0.1) is 0 Å². The number of ether oxygens (including phenoxy) is 1. The van der Waals surface area contributed by atoms with Crippen LogP contribution in [0.1, 0.15) is 62.6 Å². The molecule has 2 heterocycles. The molecule has 0 aliphatic heterocycles. The second-order valence-electron chi connectivity index (χ2n) is 9.14. The van der Waals surface area contributed by atoms with E-state index in [4.69, 9.17) is 14.1 Å². The number of rotatable bonds is 14. The van der Waals surface area contributed by atoms with Gasteiger partial charge in [-0.05, 0) is 68.3 Å². The summed E-state index contributed by atoms with van der Waals surface area (Å²) in [5.41, 5.74) is 1.05. The Kier molecular flexibility index (Phi) is 9.77. The Morgan fingerprint density at radius 1 is 0.974 bits per heavy atom. The summed E-state index contributed by atoms with van der Waals surface area (Å²) in [6, 6.07) is 15.4. The molecule has 0 aliphatic rings. The Bertz CT molecular complexity index is 1460. The van der Waals surface area contributed by atoms with Crippen LogP contribution in [0.25, 0.3) is 10.2 Å². The number of nitrogens with zero attached hydrogens (tertiary/aromatic N) is 3. The first-order chi connectivity index (χ1) is 18.9. The molecule has 208 valence electrons. The molecule has 0 unspecified atom stereocenters. The molecule has 8 nitrogen and oxygen atoms in total. The molecule has 0 saturated carbocycles. The van der Waals surface area contributed by atoms with Crippen LogP contribution >= 0.6 is 11.3 Å². The Morgan fingerprint density at radius 2 is 1.69 bits per heavy atom. The molecule has 0 fully saturated rings. The van der Waals surface area contributed by atoms with Crippen molar-refractivity contribution in [2.75, 3.05) is 24.6 Å². The van der Waals surface area contributed by atoms with Crippen molar-refractivity contribution in [1.82, 2.24) is 9.29 Å². The molecule has 39 heavy (non-hydrogen) atoms. The first kappa shape index (κ1) is 28.8. The van der Waals surface area contributed by atoms with Gasteiger partial charge in [0.2, 0.25) is 10.0 Å². The van der Waals surface area contributed by atoms with Gasteiger partial charge in [0.15, 0.2) is 5.13 Å². The van der Waals surface area contributed by atoms with Crippen LogP contribution in [-0.4, -0.2) is 43.3 Å². The number of thiazole rings is 1. The van der Waals surface area contributed by atoms with Gasteiger partial charge in [-0.15, -0.1) is 0 Å². The summed E-state index contributed by atoms with van der Waals surface area (Å²) in [4.78, 5) is 20.3. The van der Waals surface area contributed by atoms with Crippen LogP contribution in [0.5, 0.6) is 5.75 Å². The van der Waals surface area contributed by atoms with E-state index in [9.17, 15) is 13.2 Å². The molecule has 4 aromatic rings. The minimum atomic E-state index is -3.66. The Balaban J connectivity index is 1.65. The highest BCUT2D eigenvalue weighted by molar-refractivity contribution is 7.89. The number of carbonyl (C=O) groups excluding carboxylic acids is 1. The number of hydrogen-bond donors (Lipinski definition) is 0. The number of para-hydroxylation sites is 1. The van der Waals surface area contributed by atoms with Gasteiger partial charge in [0.1, 0.15) is 17.0 Å². The number of benzene rings is 2. The van der Waals surface area contributed by atoms with Gasteiger partial charge in [-0.1, -0.05) is 44.1 Å². The minimum Gasteiger partial charge on any atom is -0.492 e. The number of hydrogen-bond acceptors (Lipinski definition) is 7. The van der Waals surface area contributed by atoms with Crippen LogP contribution in [0.3, 0.4) is 0 Å². The molecule has 1 amide bonds. The Labute approximate surface area is 234 Å². The van der Waals surface area contributed by atoms with Crippen molar-refractivity contribution in [3.05, 3.63) is 72.2 Å². The molecule has 2 aromatic heterocycles. The average molecular weight is 570 g/mol. The molecule has 0 atom stereocenters. The van der Waals surface area contributed by atoms with Crippen molar-refractivity contribution >= 4 is 42.6 Å². The quantitative estimate of drug-likeness (QED) is 0.167. The van der Waals surface area contributed by atoms with Crippen LogP contribution in [0.4, 0.5) is 5.13 Å². The topological polar surface area (TPSA) is 93.0 Å². The molecule has 0 aliphatic carbocycles. The van der Waals surface area contributed by atoms with E-state index in [0.717, 1.165) is 30.4 Å². The Hall–Kier alpha value is -3.21. The molecule has 0 bridgehead atoms. The normalized spacial score (nSPS) is 11.8. The fraction of sp³-hybridized carbons (Fsp3) is 0.379. The fourth-order valence-electron chi connectivity index (χ4n) is 4.18. The fourth-order valence-corrected chi connectivity index (χ4v) is 6.68. The van der Waals surface area contributed by atoms with Gasteiger partial charge in [-0.2, -0.15) is 4.31 Å². The first-order valence-electron chi connectivity index (χ1n) is 13.4. The standard InChI is InChI=1S/C29H35N3O5S2/c1-4-7-18-31(19-8-5-2)39(34,35)24-16-14-22(15-17-24)28(33)32(21-23-11-10-20-37-23)29-30-27-25(36-6-3)12-9-13-26(27)38-29/h9-17,20H,4-8,18-19,21H2,1-3H3. The molecule has 4 rings (SSSR count). The third kappa shape index (κ3) is 6.69. The van der Waals surface area contributed by atoms with Gasteiger partial charge in [-0.25, -0.2) is 13.4 Å². The summed E-state index contributed by atoms with van der Waals surface area (Å²) in [6.45, 7) is 7.65. The van der Waals surface area contributed by atoms with Crippen molar-refractivity contribution in [1.29, 1.82) is 0 Å². The van der Waals surface area contributed by atoms with Crippen LogP contribution in [0.15, 0.2) is 70.2 Å². The average Bonchev–Trinajstić information content (AvgIpc) is 3.62. The van der Waals surface area contributed by atoms with E-state index in [0.29, 0.717) is 47.4 Å². The highest BCUT2D eigenvalue weighted by Gasteiger charge is 2.26. The van der Waals surface area contributed by atoms with E-state index in [-0.39, 0.29) is 17.3 Å². The van der Waals surface area contributed by atoms with E-state index in [2.05, 4.69) is 0 Å². The van der Waals surface area contributed by atoms with Crippen LogP contribution in [0.2, 0.25) is 0 Å². The third-order valence-corrected chi connectivity index (χ3v) is 9.26. The highest BCUT2D eigenvalue weighted by Crippen LogP contribution is 2.35. The summed E-state index contributed by atoms with van der Waals surface area (Å²) in [6.07, 6.45) is 4.98. The number of carbonyl (C=O) groups is 1. The van der Waals surface area contributed by atoms with Gasteiger partial charge >= 0.3 is 0 Å². The lowest BCUT2D eigenvalue weighted by molar-refractivity contribution is 0.0983. The monoisotopic (exact) mass is 569 g/mol. The number of furan rings is 1. The molecule has 0 saturated heterocycles. The lowest BCUT2D eigenvalue weighted by atomic mass is 10.2. The molecule has 0 N–H and O–H groups in total. The summed E-state index contributed by atoms with van der Waals surface area (Å²) in [5.74, 6) is 0.962. The van der Waals surface area contributed by atoms with Crippen molar-refractivity contribution in [3.63, 3.8) is 0 Å². The SMILES string of the molecule is CCCCN(CCCC)S(=O)(=O)c1ccc(C(=O)N(Cc2ccco2)c2nc3c(OCC)cccc3s2)cc1. The lowest BCUT2D eigenvalue weighted by Gasteiger charge is -2.22. The number of anilines is 1. The second kappa shape index (κ2) is 13.2. The molecule has 2 aromatic carbocycles. The predicted octanol–water partition coefficient (Wildman–Crippen LogP) is 6.73. The van der Waals surface area contributed by atoms with Gasteiger partial charge in [0, 0.05) is 18.7 Å². The van der Waals surface area contributed by atoms with E-state index in [1.165, 1.54) is 23.5 Å². The molecule has 0 spiro atoms. The zero-order chi connectivity index (χ0) is 27.8. The predicted molar refractivity (Wildman–Crippen MR) is 155 cm³/mol. The van der Waals surface area contributed by atoms with Crippen molar-refractivity contribution in [2.24, 2.45) is 0 Å². The molecular weight excluding hydrogens is 534 g/mol. The van der Waals surface area contributed by atoms with E-state index in [1.807, 2.05) is 39.0 Å². The molecule has 10 heteroatoms. The largest absolute Gasteiger partial charge is 0.492 e. The van der Waals surface area contributed by atoms with Crippen LogP contribution in [-0.2, 0) is 16.6 Å². The maximum Gasteiger partial charge on any atom is 0.260 e. The van der Waals surface area contributed by atoms with Crippen molar-refractivity contribution in [3.8, 4) is 5.75 Å². The minimum absolute atomic E-state index is 0.178.